The smallest absolute Gasteiger partial charge is 0.0223 e. The minimum atomic E-state index is 0.799. The van der Waals surface area contributed by atoms with Gasteiger partial charge in [0.1, 0.15) is 0 Å². The maximum absolute atomic E-state index is 5.84. The molecule has 0 aromatic rings. The van der Waals surface area contributed by atoms with Gasteiger partial charge in [0, 0.05) is 18.6 Å². The zero-order chi connectivity index (χ0) is 11.0. The summed E-state index contributed by atoms with van der Waals surface area (Å²) in [5.41, 5.74) is 5.84. The van der Waals surface area contributed by atoms with Gasteiger partial charge in [-0.25, -0.2) is 0 Å². The average molecular weight is 223 g/mol. The van der Waals surface area contributed by atoms with Crippen molar-refractivity contribution in [2.24, 2.45) is 11.7 Å². The molecule has 0 bridgehead atoms. The van der Waals surface area contributed by atoms with Crippen molar-refractivity contribution >= 4 is 0 Å². The van der Waals surface area contributed by atoms with Crippen LogP contribution in [0.3, 0.4) is 0 Å². The zero-order valence-corrected chi connectivity index (χ0v) is 10.3. The number of fused-ring (bicyclic) bond motifs is 1. The third-order valence-corrected chi connectivity index (χ3v) is 4.98. The molecule has 1 saturated carbocycles. The van der Waals surface area contributed by atoms with E-state index in [1.165, 1.54) is 58.3 Å². The fourth-order valence-corrected chi connectivity index (χ4v) is 3.84. The number of hydrogen-bond acceptors (Lipinski definition) is 3. The lowest BCUT2D eigenvalue weighted by Crippen LogP contribution is -2.52. The van der Waals surface area contributed by atoms with Crippen molar-refractivity contribution < 1.29 is 0 Å². The molecule has 3 fully saturated rings. The summed E-state index contributed by atoms with van der Waals surface area (Å²) in [4.78, 5) is 5.48. The quantitative estimate of drug-likeness (QED) is 0.755. The van der Waals surface area contributed by atoms with Gasteiger partial charge in [0.25, 0.3) is 0 Å². The summed E-state index contributed by atoms with van der Waals surface area (Å²) < 4.78 is 0. The molecular weight excluding hydrogens is 198 g/mol. The van der Waals surface area contributed by atoms with Crippen LogP contribution in [0.2, 0.25) is 0 Å². The molecule has 0 amide bonds. The van der Waals surface area contributed by atoms with Crippen molar-refractivity contribution in [3.63, 3.8) is 0 Å². The van der Waals surface area contributed by atoms with Crippen molar-refractivity contribution in [1.29, 1.82) is 0 Å². The van der Waals surface area contributed by atoms with Crippen molar-refractivity contribution in [2.75, 3.05) is 32.7 Å². The van der Waals surface area contributed by atoms with Crippen molar-refractivity contribution in [2.45, 2.75) is 44.2 Å². The average Bonchev–Trinajstić information content (AvgIpc) is 2.57. The summed E-state index contributed by atoms with van der Waals surface area (Å²) in [7, 11) is 0. The molecule has 2 saturated heterocycles. The minimum Gasteiger partial charge on any atom is -0.330 e. The molecule has 0 radical (unpaired) electrons. The van der Waals surface area contributed by atoms with E-state index in [1.54, 1.807) is 0 Å². The van der Waals surface area contributed by atoms with Gasteiger partial charge in [0.2, 0.25) is 0 Å². The van der Waals surface area contributed by atoms with Crippen molar-refractivity contribution in [3.8, 4) is 0 Å². The molecule has 3 atom stereocenters. The highest BCUT2D eigenvalue weighted by atomic mass is 15.3. The minimum absolute atomic E-state index is 0.799. The van der Waals surface area contributed by atoms with Gasteiger partial charge in [-0.2, -0.15) is 0 Å². The molecule has 2 heterocycles. The van der Waals surface area contributed by atoms with Crippen LogP contribution in [-0.4, -0.2) is 54.6 Å². The van der Waals surface area contributed by atoms with Crippen LogP contribution >= 0.6 is 0 Å². The Kier molecular flexibility index (Phi) is 3.18. The predicted molar refractivity (Wildman–Crippen MR) is 66.4 cm³/mol. The monoisotopic (exact) mass is 223 g/mol. The molecule has 92 valence electrons. The van der Waals surface area contributed by atoms with Crippen LogP contribution < -0.4 is 5.73 Å². The van der Waals surface area contributed by atoms with Gasteiger partial charge in [-0.3, -0.25) is 9.80 Å². The van der Waals surface area contributed by atoms with Gasteiger partial charge in [0.05, 0.1) is 0 Å². The Morgan fingerprint density at radius 2 is 1.75 bits per heavy atom. The number of nitrogens with zero attached hydrogens (tertiary/aromatic N) is 2. The molecule has 2 N–H and O–H groups in total. The normalized spacial score (nSPS) is 41.4. The Hall–Kier alpha value is -0.120. The number of rotatable bonds is 2. The molecule has 0 spiro atoms. The first kappa shape index (κ1) is 11.0. The molecule has 2 aliphatic heterocycles. The Bertz CT molecular complexity index is 241. The highest BCUT2D eigenvalue weighted by Gasteiger charge is 2.38. The van der Waals surface area contributed by atoms with E-state index in [1.807, 2.05) is 0 Å². The van der Waals surface area contributed by atoms with Crippen LogP contribution in [0.5, 0.6) is 0 Å². The van der Waals surface area contributed by atoms with Crippen LogP contribution in [0, 0.1) is 5.92 Å². The van der Waals surface area contributed by atoms with Gasteiger partial charge in [-0.05, 0) is 64.2 Å². The van der Waals surface area contributed by atoms with Crippen molar-refractivity contribution in [1.82, 2.24) is 9.80 Å². The van der Waals surface area contributed by atoms with Crippen LogP contribution in [0.1, 0.15) is 32.1 Å². The topological polar surface area (TPSA) is 32.5 Å². The Labute approximate surface area is 99.0 Å². The first-order chi connectivity index (χ1) is 7.88. The van der Waals surface area contributed by atoms with Gasteiger partial charge >= 0.3 is 0 Å². The fraction of sp³-hybridized carbons (Fsp3) is 1.00. The lowest BCUT2D eigenvalue weighted by Gasteiger charge is -2.44. The van der Waals surface area contributed by atoms with Crippen LogP contribution in [-0.2, 0) is 0 Å². The fourth-order valence-electron chi connectivity index (χ4n) is 3.84. The second kappa shape index (κ2) is 4.63. The maximum Gasteiger partial charge on any atom is 0.0223 e. The van der Waals surface area contributed by atoms with Gasteiger partial charge in [0.15, 0.2) is 0 Å². The highest BCUT2D eigenvalue weighted by molar-refractivity contribution is 4.93. The van der Waals surface area contributed by atoms with Gasteiger partial charge in [-0.1, -0.05) is 0 Å². The summed E-state index contributed by atoms with van der Waals surface area (Å²) in [6.45, 7) is 6.22. The summed E-state index contributed by atoms with van der Waals surface area (Å²) in [5.74, 6) is 0.799. The molecule has 3 rings (SSSR count). The lowest BCUT2D eigenvalue weighted by atomic mass is 9.78. The zero-order valence-electron chi connectivity index (χ0n) is 10.3. The van der Waals surface area contributed by atoms with E-state index in [0.717, 1.165) is 24.5 Å². The van der Waals surface area contributed by atoms with Crippen molar-refractivity contribution in [3.05, 3.63) is 0 Å². The molecule has 1 aliphatic carbocycles. The molecule has 3 heteroatoms. The molecule has 0 aromatic carbocycles. The van der Waals surface area contributed by atoms with Crippen LogP contribution in [0.4, 0.5) is 0 Å². The van der Waals surface area contributed by atoms with E-state index in [9.17, 15) is 0 Å². The molecule has 3 unspecified atom stereocenters. The second-order valence-corrected chi connectivity index (χ2v) is 5.82. The highest BCUT2D eigenvalue weighted by Crippen LogP contribution is 2.33. The predicted octanol–water partition coefficient (Wildman–Crippen LogP) is 0.894. The third-order valence-electron chi connectivity index (χ3n) is 4.98. The molecule has 0 aromatic heterocycles. The van der Waals surface area contributed by atoms with E-state index in [2.05, 4.69) is 9.80 Å². The third kappa shape index (κ3) is 1.89. The standard InChI is InChI=1S/C13H25N3/c14-9-11-4-5-13(11)16-8-2-7-15-6-1-3-12(15)10-16/h11-13H,1-10,14H2. The number of nitrogens with two attached hydrogens (primary N) is 1. The van der Waals surface area contributed by atoms with E-state index in [0.29, 0.717) is 0 Å². The van der Waals surface area contributed by atoms with Crippen LogP contribution in [0.25, 0.3) is 0 Å². The molecular formula is C13H25N3. The first-order valence-electron chi connectivity index (χ1n) is 7.06. The summed E-state index contributed by atoms with van der Waals surface area (Å²) in [6.07, 6.45) is 6.98. The van der Waals surface area contributed by atoms with E-state index in [4.69, 9.17) is 5.73 Å². The SMILES string of the molecule is NCC1CCC1N1CCCN2CCCC2C1. The van der Waals surface area contributed by atoms with Gasteiger partial charge in [-0.15, -0.1) is 0 Å². The van der Waals surface area contributed by atoms with Crippen LogP contribution in [0.15, 0.2) is 0 Å². The number of hydrogen-bond donors (Lipinski definition) is 1. The van der Waals surface area contributed by atoms with E-state index in [-0.39, 0.29) is 0 Å². The lowest BCUT2D eigenvalue weighted by molar-refractivity contribution is 0.0607. The molecule has 3 nitrogen and oxygen atoms in total. The second-order valence-electron chi connectivity index (χ2n) is 5.82. The Morgan fingerprint density at radius 3 is 2.50 bits per heavy atom. The maximum atomic E-state index is 5.84. The largest absolute Gasteiger partial charge is 0.330 e. The Balaban J connectivity index is 1.62. The molecule has 16 heavy (non-hydrogen) atoms. The van der Waals surface area contributed by atoms with E-state index < -0.39 is 0 Å². The molecule has 3 aliphatic rings. The summed E-state index contributed by atoms with van der Waals surface area (Å²) in [5, 5.41) is 0. The summed E-state index contributed by atoms with van der Waals surface area (Å²) >= 11 is 0. The Morgan fingerprint density at radius 1 is 0.938 bits per heavy atom. The first-order valence-corrected chi connectivity index (χ1v) is 7.06. The van der Waals surface area contributed by atoms with Gasteiger partial charge < -0.3 is 5.73 Å². The van der Waals surface area contributed by atoms with E-state index >= 15 is 0 Å². The summed E-state index contributed by atoms with van der Waals surface area (Å²) in [6, 6.07) is 1.69.